The second kappa shape index (κ2) is 16.3. The molecule has 0 radical (unpaired) electrons. The fraction of sp³-hybridized carbons (Fsp3) is 0.471. The number of fused-ring (bicyclic) bond motifs is 1. The summed E-state index contributed by atoms with van der Waals surface area (Å²) in [6.07, 6.45) is 5.56. The van der Waals surface area contributed by atoms with Crippen molar-refractivity contribution in [2.24, 2.45) is 5.92 Å². The standard InChI is InChI=1S/C34H45FN4O6S/c1-24-20-39(25(2)23-40)34(41)31-19-29(37-46(42,43)30-11-8-28(35)9-12-30)10-13-32(31)45-26(3)7-5-6-18-44-33(24)22-38(4)21-27-14-16-36-17-15-27/h8-17,19,24-26,33,37,40H,5-7,18,20-23H2,1-4H3/t24-,25-,26+,33+/m0/s1. The van der Waals surface area contributed by atoms with Crippen molar-refractivity contribution in [2.45, 2.75) is 69.7 Å². The Hall–Kier alpha value is -3.58. The Morgan fingerprint density at radius 3 is 2.52 bits per heavy atom. The number of carbonyl (C=O) groups is 1. The maximum absolute atomic E-state index is 14.3. The highest BCUT2D eigenvalue weighted by Gasteiger charge is 2.30. The Bertz CT molecular complexity index is 1530. The number of hydrogen-bond donors (Lipinski definition) is 2. The first-order chi connectivity index (χ1) is 22.0. The quantitative estimate of drug-likeness (QED) is 0.332. The highest BCUT2D eigenvalue weighted by atomic mass is 32.2. The van der Waals surface area contributed by atoms with Gasteiger partial charge < -0.3 is 19.5 Å². The Balaban J connectivity index is 1.64. The van der Waals surface area contributed by atoms with E-state index in [4.69, 9.17) is 9.47 Å². The van der Waals surface area contributed by atoms with Crippen LogP contribution in [0.4, 0.5) is 10.1 Å². The summed E-state index contributed by atoms with van der Waals surface area (Å²) in [5.74, 6) is -0.738. The van der Waals surface area contributed by atoms with Crippen LogP contribution in [0, 0.1) is 11.7 Å². The molecule has 0 aliphatic carbocycles. The second-order valence-electron chi connectivity index (χ2n) is 12.1. The average Bonchev–Trinajstić information content (AvgIpc) is 3.03. The van der Waals surface area contributed by atoms with Crippen molar-refractivity contribution in [3.63, 3.8) is 0 Å². The average molecular weight is 657 g/mol. The van der Waals surface area contributed by atoms with Crippen LogP contribution in [0.1, 0.15) is 56.0 Å². The van der Waals surface area contributed by atoms with E-state index in [0.29, 0.717) is 25.4 Å². The second-order valence-corrected chi connectivity index (χ2v) is 13.8. The monoisotopic (exact) mass is 656 g/mol. The smallest absolute Gasteiger partial charge is 0.261 e. The summed E-state index contributed by atoms with van der Waals surface area (Å²) >= 11 is 0. The molecular weight excluding hydrogens is 611 g/mol. The number of rotatable bonds is 9. The van der Waals surface area contributed by atoms with E-state index in [1.807, 2.05) is 33.0 Å². The number of hydrogen-bond acceptors (Lipinski definition) is 8. The molecule has 250 valence electrons. The summed E-state index contributed by atoms with van der Waals surface area (Å²) in [5.41, 5.74) is 1.45. The molecule has 46 heavy (non-hydrogen) atoms. The third-order valence-electron chi connectivity index (χ3n) is 8.12. The van der Waals surface area contributed by atoms with Crippen LogP contribution in [0.5, 0.6) is 5.75 Å². The van der Waals surface area contributed by atoms with Crippen LogP contribution in [0.15, 0.2) is 71.9 Å². The van der Waals surface area contributed by atoms with Gasteiger partial charge in [-0.3, -0.25) is 19.4 Å². The van der Waals surface area contributed by atoms with E-state index in [0.717, 1.165) is 37.0 Å². The zero-order valence-corrected chi connectivity index (χ0v) is 27.7. The molecule has 1 aliphatic heterocycles. The molecule has 0 fully saturated rings. The van der Waals surface area contributed by atoms with Gasteiger partial charge in [0, 0.05) is 50.2 Å². The van der Waals surface area contributed by atoms with Crippen molar-refractivity contribution >= 4 is 21.6 Å². The lowest BCUT2D eigenvalue weighted by molar-refractivity contribution is -0.0177. The number of amides is 1. The van der Waals surface area contributed by atoms with Gasteiger partial charge in [-0.15, -0.1) is 0 Å². The first-order valence-electron chi connectivity index (χ1n) is 15.7. The van der Waals surface area contributed by atoms with Gasteiger partial charge in [0.2, 0.25) is 0 Å². The predicted octanol–water partition coefficient (Wildman–Crippen LogP) is 4.95. The van der Waals surface area contributed by atoms with E-state index in [-0.39, 0.29) is 47.4 Å². The van der Waals surface area contributed by atoms with Crippen LogP contribution < -0.4 is 9.46 Å². The van der Waals surface area contributed by atoms with Crippen LogP contribution in [-0.4, -0.2) is 85.8 Å². The zero-order chi connectivity index (χ0) is 33.3. The molecule has 0 bridgehead atoms. The van der Waals surface area contributed by atoms with Crippen molar-refractivity contribution < 1.29 is 32.2 Å². The number of benzene rings is 2. The topological polar surface area (TPSA) is 121 Å². The number of halogens is 1. The summed E-state index contributed by atoms with van der Waals surface area (Å²) in [6, 6.07) is 12.5. The number of aromatic nitrogens is 1. The SMILES string of the molecule is C[C@@H]1CCCCO[C@H](CN(C)Cc2ccncc2)[C@@H](C)CN([C@@H](C)CO)C(=O)c2cc(NS(=O)(=O)c3ccc(F)cc3)ccc2O1. The number of ether oxygens (including phenoxy) is 2. The van der Waals surface area contributed by atoms with Gasteiger partial charge in [-0.1, -0.05) is 6.92 Å². The number of pyridine rings is 1. The minimum Gasteiger partial charge on any atom is -0.490 e. The highest BCUT2D eigenvalue weighted by Crippen LogP contribution is 2.29. The summed E-state index contributed by atoms with van der Waals surface area (Å²) in [5, 5.41) is 10.2. The van der Waals surface area contributed by atoms with Crippen molar-refractivity contribution in [3.8, 4) is 5.75 Å². The van der Waals surface area contributed by atoms with E-state index < -0.39 is 27.8 Å². The summed E-state index contributed by atoms with van der Waals surface area (Å²) in [6.45, 7) is 7.66. The Morgan fingerprint density at radius 1 is 1.11 bits per heavy atom. The number of likely N-dealkylation sites (N-methyl/N-ethyl adjacent to an activating group) is 1. The van der Waals surface area contributed by atoms with Gasteiger partial charge in [0.05, 0.1) is 35.3 Å². The van der Waals surface area contributed by atoms with Gasteiger partial charge in [-0.25, -0.2) is 12.8 Å². The molecule has 2 aromatic carbocycles. The van der Waals surface area contributed by atoms with Gasteiger partial charge in [-0.05, 0) is 100 Å². The van der Waals surface area contributed by atoms with Gasteiger partial charge in [0.1, 0.15) is 11.6 Å². The van der Waals surface area contributed by atoms with Gasteiger partial charge in [0.15, 0.2) is 0 Å². The van der Waals surface area contributed by atoms with E-state index in [1.165, 1.54) is 24.3 Å². The zero-order valence-electron chi connectivity index (χ0n) is 26.9. The number of nitrogens with one attached hydrogen (secondary N) is 1. The maximum Gasteiger partial charge on any atom is 0.261 e. The highest BCUT2D eigenvalue weighted by molar-refractivity contribution is 7.92. The molecule has 2 N–H and O–H groups in total. The molecule has 4 rings (SSSR count). The summed E-state index contributed by atoms with van der Waals surface area (Å²) in [7, 11) is -2.03. The fourth-order valence-electron chi connectivity index (χ4n) is 5.45. The molecule has 1 aliphatic rings. The molecule has 0 saturated carbocycles. The lowest BCUT2D eigenvalue weighted by Gasteiger charge is -2.36. The largest absolute Gasteiger partial charge is 0.490 e. The molecule has 0 saturated heterocycles. The van der Waals surface area contributed by atoms with Crippen LogP contribution in [-0.2, 0) is 21.3 Å². The number of sulfonamides is 1. The van der Waals surface area contributed by atoms with E-state index >= 15 is 0 Å². The molecule has 4 atom stereocenters. The number of aliphatic hydroxyl groups is 1. The van der Waals surface area contributed by atoms with Crippen LogP contribution >= 0.6 is 0 Å². The van der Waals surface area contributed by atoms with Crippen molar-refractivity contribution in [2.75, 3.05) is 38.1 Å². The van der Waals surface area contributed by atoms with E-state index in [1.54, 1.807) is 30.3 Å². The van der Waals surface area contributed by atoms with Crippen LogP contribution in [0.25, 0.3) is 0 Å². The van der Waals surface area contributed by atoms with Gasteiger partial charge in [-0.2, -0.15) is 0 Å². The van der Waals surface area contributed by atoms with E-state index in [9.17, 15) is 22.7 Å². The van der Waals surface area contributed by atoms with Gasteiger partial charge in [0.25, 0.3) is 15.9 Å². The summed E-state index contributed by atoms with van der Waals surface area (Å²) < 4.78 is 54.8. The molecule has 1 aromatic heterocycles. The number of aliphatic hydroxyl groups excluding tert-OH is 1. The Labute approximate surface area is 271 Å². The molecule has 12 heteroatoms. The molecule has 3 aromatic rings. The third-order valence-corrected chi connectivity index (χ3v) is 9.52. The Morgan fingerprint density at radius 2 is 1.83 bits per heavy atom. The van der Waals surface area contributed by atoms with Crippen LogP contribution in [0.3, 0.4) is 0 Å². The minimum atomic E-state index is -4.07. The van der Waals surface area contributed by atoms with Crippen molar-refractivity contribution in [1.82, 2.24) is 14.8 Å². The van der Waals surface area contributed by atoms with Crippen molar-refractivity contribution in [1.29, 1.82) is 0 Å². The van der Waals surface area contributed by atoms with E-state index in [2.05, 4.69) is 14.6 Å². The predicted molar refractivity (Wildman–Crippen MR) is 175 cm³/mol. The molecule has 0 spiro atoms. The number of anilines is 1. The summed E-state index contributed by atoms with van der Waals surface area (Å²) in [4.78, 5) is 22.1. The van der Waals surface area contributed by atoms with Crippen molar-refractivity contribution in [3.05, 3.63) is 83.9 Å². The first kappa shape index (κ1) is 35.3. The lowest BCUT2D eigenvalue weighted by atomic mass is 10.0. The third kappa shape index (κ3) is 9.71. The molecule has 1 amide bonds. The molecule has 2 heterocycles. The van der Waals surface area contributed by atoms with Gasteiger partial charge >= 0.3 is 0 Å². The number of nitrogens with zero attached hydrogens (tertiary/aromatic N) is 3. The first-order valence-corrected chi connectivity index (χ1v) is 17.1. The van der Waals surface area contributed by atoms with Crippen LogP contribution in [0.2, 0.25) is 0 Å². The number of carbonyl (C=O) groups excluding carboxylic acids is 1. The lowest BCUT2D eigenvalue weighted by Crippen LogP contribution is -2.47. The molecule has 10 nitrogen and oxygen atoms in total. The minimum absolute atomic E-state index is 0.107. The fourth-order valence-corrected chi connectivity index (χ4v) is 6.50. The maximum atomic E-state index is 14.3. The molecular formula is C34H45FN4O6S. The Kier molecular flexibility index (Phi) is 12.5. The molecule has 0 unspecified atom stereocenters. The normalized spacial score (nSPS) is 20.8.